The summed E-state index contributed by atoms with van der Waals surface area (Å²) in [5, 5.41) is 22.4. The van der Waals surface area contributed by atoms with Crippen LogP contribution in [0, 0.1) is 5.41 Å². The van der Waals surface area contributed by atoms with Crippen LogP contribution in [0.4, 0.5) is 0 Å². The Balaban J connectivity index is 5.12. The highest BCUT2D eigenvalue weighted by Crippen LogP contribution is 2.21. The van der Waals surface area contributed by atoms with Gasteiger partial charge in [-0.2, -0.15) is 12.6 Å². The van der Waals surface area contributed by atoms with E-state index < -0.39 is 29.9 Å². The number of hydrogen-bond donors (Lipinski definition) is 4. The molecular weight excluding hydrogens is 400 g/mol. The topological polar surface area (TPSA) is 107 Å². The molecule has 7 nitrogen and oxygen atoms in total. The normalized spacial score (nSPS) is 12.9. The molecule has 3 amide bonds. The third kappa shape index (κ3) is 7.78. The van der Waals surface area contributed by atoms with Gasteiger partial charge in [-0.05, 0) is 0 Å². The second-order valence-electron chi connectivity index (χ2n) is 5.76. The minimum absolute atomic E-state index is 0.0836. The molecule has 0 heterocycles. The minimum atomic E-state index is -1.57. The highest BCUT2D eigenvalue weighted by Gasteiger charge is 2.37. The van der Waals surface area contributed by atoms with Crippen molar-refractivity contribution in [3.8, 4) is 0 Å². The van der Waals surface area contributed by atoms with Crippen LogP contribution in [-0.2, 0) is 14.4 Å². The molecule has 0 unspecified atom stereocenters. The van der Waals surface area contributed by atoms with Crippen LogP contribution in [0.3, 0.4) is 0 Å². The van der Waals surface area contributed by atoms with Crippen molar-refractivity contribution in [2.45, 2.75) is 26.4 Å². The number of aliphatic hydroxyl groups is 2. The highest BCUT2D eigenvalue weighted by molar-refractivity contribution is 9.09. The van der Waals surface area contributed by atoms with Crippen molar-refractivity contribution in [2.24, 2.45) is 5.41 Å². The molecule has 0 aromatic rings. The molecule has 0 bridgehead atoms. The third-order valence-corrected chi connectivity index (χ3v) is 3.86. The molecule has 0 aromatic carbocycles. The molecular formula is C15H25BrN2O5S. The van der Waals surface area contributed by atoms with Crippen LogP contribution in [0.1, 0.15) is 20.3 Å². The molecule has 0 fully saturated rings. The molecule has 0 aliphatic heterocycles. The predicted molar refractivity (Wildman–Crippen MR) is 98.0 cm³/mol. The summed E-state index contributed by atoms with van der Waals surface area (Å²) < 4.78 is 0. The van der Waals surface area contributed by atoms with Crippen molar-refractivity contribution >= 4 is 46.3 Å². The van der Waals surface area contributed by atoms with E-state index in [0.717, 1.165) is 4.90 Å². The number of halogens is 1. The second kappa shape index (κ2) is 11.6. The fourth-order valence-electron chi connectivity index (χ4n) is 1.63. The molecule has 1 atom stereocenters. The number of hydrogen-bond acceptors (Lipinski definition) is 6. The maximum absolute atomic E-state index is 12.4. The first-order valence-corrected chi connectivity index (χ1v) is 9.21. The summed E-state index contributed by atoms with van der Waals surface area (Å²) in [5.41, 5.74) is -1.11. The highest BCUT2D eigenvalue weighted by atomic mass is 79.9. The minimum Gasteiger partial charge on any atom is -0.396 e. The van der Waals surface area contributed by atoms with Crippen LogP contribution >= 0.6 is 28.6 Å². The molecule has 0 saturated carbocycles. The van der Waals surface area contributed by atoms with Gasteiger partial charge >= 0.3 is 0 Å². The van der Waals surface area contributed by atoms with Crippen LogP contribution < -0.4 is 5.32 Å². The smallest absolute Gasteiger partial charge is 0.258 e. The SMILES string of the molecule is CC(C)(CO)[C@@H](O)C(=O)N(CCC(=O)NCCS)C(=O)/C=C/CBr. The average Bonchev–Trinajstić information content (AvgIpc) is 2.56. The number of rotatable bonds is 10. The lowest BCUT2D eigenvalue weighted by molar-refractivity contribution is -0.154. The summed E-state index contributed by atoms with van der Waals surface area (Å²) >= 11 is 7.10. The van der Waals surface area contributed by atoms with Gasteiger partial charge in [-0.3, -0.25) is 19.3 Å². The second-order valence-corrected chi connectivity index (χ2v) is 6.85. The lowest BCUT2D eigenvalue weighted by Gasteiger charge is -2.31. The Morgan fingerprint density at radius 1 is 1.38 bits per heavy atom. The first kappa shape index (κ1) is 23.1. The van der Waals surface area contributed by atoms with Gasteiger partial charge in [0, 0.05) is 42.1 Å². The van der Waals surface area contributed by atoms with Crippen LogP contribution in [0.2, 0.25) is 0 Å². The van der Waals surface area contributed by atoms with E-state index in [4.69, 9.17) is 0 Å². The van der Waals surface area contributed by atoms with Crippen LogP contribution in [0.5, 0.6) is 0 Å². The number of nitrogens with zero attached hydrogens (tertiary/aromatic N) is 1. The van der Waals surface area contributed by atoms with E-state index in [-0.39, 0.29) is 18.9 Å². The molecule has 0 spiro atoms. The van der Waals surface area contributed by atoms with Crippen molar-refractivity contribution in [1.82, 2.24) is 10.2 Å². The maximum atomic E-state index is 12.4. The van der Waals surface area contributed by atoms with E-state index in [1.807, 2.05) is 0 Å². The molecule has 0 aliphatic rings. The molecule has 0 radical (unpaired) electrons. The van der Waals surface area contributed by atoms with Crippen LogP contribution in [0.25, 0.3) is 0 Å². The van der Waals surface area contributed by atoms with Crippen molar-refractivity contribution < 1.29 is 24.6 Å². The van der Waals surface area contributed by atoms with E-state index in [9.17, 15) is 24.6 Å². The molecule has 0 saturated heterocycles. The van der Waals surface area contributed by atoms with Crippen molar-refractivity contribution in [3.63, 3.8) is 0 Å². The summed E-state index contributed by atoms with van der Waals surface area (Å²) in [7, 11) is 0. The Labute approximate surface area is 156 Å². The number of amides is 3. The predicted octanol–water partition coefficient (Wildman–Crippen LogP) is 0.108. The van der Waals surface area contributed by atoms with Gasteiger partial charge in [-0.1, -0.05) is 35.9 Å². The van der Waals surface area contributed by atoms with E-state index in [1.54, 1.807) is 0 Å². The van der Waals surface area contributed by atoms with Gasteiger partial charge in [-0.15, -0.1) is 0 Å². The number of carbonyl (C=O) groups excluding carboxylic acids is 3. The zero-order chi connectivity index (χ0) is 18.8. The molecule has 0 aromatic heterocycles. The van der Waals surface area contributed by atoms with Gasteiger partial charge < -0.3 is 15.5 Å². The summed E-state index contributed by atoms with van der Waals surface area (Å²) in [6.07, 6.45) is 1.05. The Hall–Kier alpha value is -0.900. The number of carbonyl (C=O) groups is 3. The Kier molecular flexibility index (Phi) is 11.2. The average molecular weight is 425 g/mol. The van der Waals surface area contributed by atoms with Gasteiger partial charge in [0.05, 0.1) is 6.61 Å². The Morgan fingerprint density at radius 2 is 2.00 bits per heavy atom. The number of allylic oxidation sites excluding steroid dienone is 1. The maximum Gasteiger partial charge on any atom is 0.258 e. The summed E-state index contributed by atoms with van der Waals surface area (Å²) in [6, 6.07) is 0. The van der Waals surface area contributed by atoms with Gasteiger partial charge in [0.25, 0.3) is 11.8 Å². The quantitative estimate of drug-likeness (QED) is 0.226. The first-order valence-electron chi connectivity index (χ1n) is 7.45. The molecule has 9 heteroatoms. The summed E-state index contributed by atoms with van der Waals surface area (Å²) in [4.78, 5) is 37.1. The molecule has 138 valence electrons. The lowest BCUT2D eigenvalue weighted by Crippen LogP contribution is -2.50. The van der Waals surface area contributed by atoms with E-state index in [1.165, 1.54) is 26.0 Å². The van der Waals surface area contributed by atoms with Gasteiger partial charge in [0.15, 0.2) is 0 Å². The third-order valence-electron chi connectivity index (χ3n) is 3.26. The molecule has 24 heavy (non-hydrogen) atoms. The summed E-state index contributed by atoms with van der Waals surface area (Å²) in [5.74, 6) is -1.32. The van der Waals surface area contributed by atoms with E-state index in [0.29, 0.717) is 17.6 Å². The number of nitrogens with one attached hydrogen (secondary N) is 1. The first-order chi connectivity index (χ1) is 11.2. The van der Waals surface area contributed by atoms with Gasteiger partial charge in [0.1, 0.15) is 6.10 Å². The number of alkyl halides is 1. The number of aliphatic hydroxyl groups excluding tert-OH is 2. The van der Waals surface area contributed by atoms with Crippen molar-refractivity contribution in [3.05, 3.63) is 12.2 Å². The van der Waals surface area contributed by atoms with Crippen LogP contribution in [-0.4, -0.2) is 69.7 Å². The largest absolute Gasteiger partial charge is 0.396 e. The zero-order valence-electron chi connectivity index (χ0n) is 13.9. The zero-order valence-corrected chi connectivity index (χ0v) is 16.3. The molecule has 0 aliphatic carbocycles. The fourth-order valence-corrected chi connectivity index (χ4v) is 1.93. The van der Waals surface area contributed by atoms with Crippen LogP contribution in [0.15, 0.2) is 12.2 Å². The van der Waals surface area contributed by atoms with Crippen molar-refractivity contribution in [1.29, 1.82) is 0 Å². The Bertz CT molecular complexity index is 471. The Morgan fingerprint density at radius 3 is 2.50 bits per heavy atom. The lowest BCUT2D eigenvalue weighted by atomic mass is 9.86. The van der Waals surface area contributed by atoms with E-state index >= 15 is 0 Å². The monoisotopic (exact) mass is 424 g/mol. The molecule has 0 rings (SSSR count). The van der Waals surface area contributed by atoms with E-state index in [2.05, 4.69) is 33.9 Å². The van der Waals surface area contributed by atoms with Gasteiger partial charge in [-0.25, -0.2) is 0 Å². The van der Waals surface area contributed by atoms with Crippen molar-refractivity contribution in [2.75, 3.05) is 30.8 Å². The van der Waals surface area contributed by atoms with Gasteiger partial charge in [0.2, 0.25) is 5.91 Å². The fraction of sp³-hybridized carbons (Fsp3) is 0.667. The number of imide groups is 1. The number of thiol groups is 1. The summed E-state index contributed by atoms with van der Waals surface area (Å²) in [6.45, 7) is 2.80. The standard InChI is InChI=1S/C15H25BrN2O5S/c1-15(2,10-19)13(22)14(23)18(12(21)4-3-6-16)8-5-11(20)17-7-9-24/h3-4,13,19,22,24H,5-10H2,1-2H3,(H,17,20)/b4-3+/t13-/m0/s1. The molecule has 3 N–H and O–H groups in total.